The number of hydrogen-bond acceptors (Lipinski definition) is 9. The Hall–Kier alpha value is -3.73. The van der Waals surface area contributed by atoms with Crippen LogP contribution in [0.2, 0.25) is 0 Å². The number of esters is 1. The van der Waals surface area contributed by atoms with Crippen LogP contribution in [0.25, 0.3) is 0 Å². The molecule has 5 N–H and O–H groups in total. The number of ether oxygens (including phenoxy) is 1. The van der Waals surface area contributed by atoms with Gasteiger partial charge in [-0.05, 0) is 24.6 Å². The van der Waals surface area contributed by atoms with Crippen molar-refractivity contribution in [3.05, 3.63) is 65.2 Å². The largest absolute Gasteiger partial charge is 0.465 e. The first kappa shape index (κ1) is 21.0. The van der Waals surface area contributed by atoms with E-state index in [0.717, 1.165) is 5.56 Å². The predicted octanol–water partition coefficient (Wildman–Crippen LogP) is 2.64. The summed E-state index contributed by atoms with van der Waals surface area (Å²) in [5.74, 6) is -0.00166. The summed E-state index contributed by atoms with van der Waals surface area (Å²) in [4.78, 5) is 33.8. The molecule has 3 rings (SSSR count). The standard InChI is InChI=1S/C19H20N6O4S/c1-10-4-5-12(20)8-14(10)29-17(26)11(2)25-9-15(24-19(27)28)30-16(25)13-6-7-22-18(21-3)23-13/h4-9,16,24H,2,20H2,1,3H3,(H,27,28)(H,21,22,23)/t16-/m0/s1. The zero-order chi connectivity index (χ0) is 21.8. The molecule has 1 aliphatic heterocycles. The number of carboxylic acid groups (broad SMARTS) is 1. The van der Waals surface area contributed by atoms with Gasteiger partial charge in [-0.25, -0.2) is 19.6 Å². The third-order valence-electron chi connectivity index (χ3n) is 4.09. The molecule has 10 nitrogen and oxygen atoms in total. The van der Waals surface area contributed by atoms with Gasteiger partial charge in [0.2, 0.25) is 5.95 Å². The van der Waals surface area contributed by atoms with Crippen LogP contribution in [-0.4, -0.2) is 39.1 Å². The molecule has 0 radical (unpaired) electrons. The van der Waals surface area contributed by atoms with Crippen molar-refractivity contribution in [1.82, 2.24) is 20.2 Å². The van der Waals surface area contributed by atoms with Crippen LogP contribution in [0.15, 0.2) is 54.0 Å². The molecule has 1 amide bonds. The second-order valence-electron chi connectivity index (χ2n) is 6.22. The molecule has 11 heteroatoms. The number of nitrogens with zero attached hydrogens (tertiary/aromatic N) is 3. The van der Waals surface area contributed by atoms with Crippen LogP contribution in [0, 0.1) is 6.92 Å². The molecular weight excluding hydrogens is 408 g/mol. The summed E-state index contributed by atoms with van der Waals surface area (Å²) < 4.78 is 5.47. The fourth-order valence-electron chi connectivity index (χ4n) is 2.61. The Kier molecular flexibility index (Phi) is 6.11. The second-order valence-corrected chi connectivity index (χ2v) is 7.34. The van der Waals surface area contributed by atoms with E-state index in [1.165, 1.54) is 22.9 Å². The van der Waals surface area contributed by atoms with Gasteiger partial charge in [0.25, 0.3) is 0 Å². The molecule has 0 unspecified atom stereocenters. The lowest BCUT2D eigenvalue weighted by Gasteiger charge is -2.25. The average Bonchev–Trinajstić information content (AvgIpc) is 3.13. The molecule has 2 aromatic rings. The Labute approximate surface area is 176 Å². The van der Waals surface area contributed by atoms with E-state index in [-0.39, 0.29) is 5.70 Å². The van der Waals surface area contributed by atoms with Crippen LogP contribution in [0.3, 0.4) is 0 Å². The van der Waals surface area contributed by atoms with Crippen molar-refractivity contribution >= 4 is 35.5 Å². The van der Waals surface area contributed by atoms with Gasteiger partial charge in [0.05, 0.1) is 10.7 Å². The van der Waals surface area contributed by atoms with Crippen molar-refractivity contribution in [2.45, 2.75) is 12.3 Å². The third kappa shape index (κ3) is 4.63. The van der Waals surface area contributed by atoms with E-state index < -0.39 is 17.4 Å². The minimum Gasteiger partial charge on any atom is -0.465 e. The summed E-state index contributed by atoms with van der Waals surface area (Å²) in [6, 6.07) is 6.66. The van der Waals surface area contributed by atoms with Gasteiger partial charge in [-0.3, -0.25) is 5.32 Å². The van der Waals surface area contributed by atoms with Crippen molar-refractivity contribution in [2.24, 2.45) is 0 Å². The minimum absolute atomic E-state index is 0.00105. The molecule has 1 aromatic heterocycles. The first-order valence-electron chi connectivity index (χ1n) is 8.73. The average molecular weight is 428 g/mol. The van der Waals surface area contributed by atoms with E-state index >= 15 is 0 Å². The maximum Gasteiger partial charge on any atom is 0.409 e. The van der Waals surface area contributed by atoms with E-state index in [4.69, 9.17) is 15.6 Å². The molecular formula is C19H20N6O4S. The number of anilines is 2. The molecule has 2 heterocycles. The molecule has 1 aliphatic rings. The van der Waals surface area contributed by atoms with Crippen LogP contribution >= 0.6 is 11.8 Å². The van der Waals surface area contributed by atoms with Gasteiger partial charge >= 0.3 is 12.1 Å². The number of aryl methyl sites for hydroxylation is 1. The molecule has 1 atom stereocenters. The molecule has 156 valence electrons. The van der Waals surface area contributed by atoms with Crippen molar-refractivity contribution < 1.29 is 19.4 Å². The van der Waals surface area contributed by atoms with E-state index in [2.05, 4.69) is 27.2 Å². The number of amides is 1. The van der Waals surface area contributed by atoms with Crippen LogP contribution in [-0.2, 0) is 4.79 Å². The van der Waals surface area contributed by atoms with Gasteiger partial charge in [-0.15, -0.1) is 0 Å². The lowest BCUT2D eigenvalue weighted by molar-refractivity contribution is -0.131. The summed E-state index contributed by atoms with van der Waals surface area (Å²) in [6.45, 7) is 5.63. The molecule has 0 bridgehead atoms. The highest BCUT2D eigenvalue weighted by Gasteiger charge is 2.34. The molecule has 0 spiro atoms. The lowest BCUT2D eigenvalue weighted by atomic mass is 10.2. The fraction of sp³-hybridized carbons (Fsp3) is 0.158. The summed E-state index contributed by atoms with van der Waals surface area (Å²) in [6.07, 6.45) is 1.81. The van der Waals surface area contributed by atoms with Crippen molar-refractivity contribution in [3.8, 4) is 5.75 Å². The van der Waals surface area contributed by atoms with Gasteiger partial charge in [0.1, 0.15) is 16.8 Å². The summed E-state index contributed by atoms with van der Waals surface area (Å²) in [7, 11) is 1.68. The molecule has 30 heavy (non-hydrogen) atoms. The van der Waals surface area contributed by atoms with Crippen molar-refractivity contribution in [1.29, 1.82) is 0 Å². The fourth-order valence-corrected chi connectivity index (χ4v) is 3.73. The number of carbonyl (C=O) groups is 2. The monoisotopic (exact) mass is 428 g/mol. The highest BCUT2D eigenvalue weighted by molar-refractivity contribution is 8.03. The number of aromatic nitrogens is 2. The van der Waals surface area contributed by atoms with Gasteiger partial charge < -0.3 is 25.8 Å². The van der Waals surface area contributed by atoms with E-state index in [0.29, 0.717) is 28.1 Å². The highest BCUT2D eigenvalue weighted by Crippen LogP contribution is 2.44. The molecule has 1 aromatic carbocycles. The number of thioether (sulfide) groups is 1. The number of carbonyl (C=O) groups excluding carboxylic acids is 1. The Morgan fingerprint density at radius 1 is 1.37 bits per heavy atom. The van der Waals surface area contributed by atoms with E-state index in [1.807, 2.05) is 0 Å². The number of nitrogen functional groups attached to an aromatic ring is 1. The molecule has 0 saturated carbocycles. The number of nitrogens with two attached hydrogens (primary N) is 1. The number of rotatable bonds is 6. The maximum absolute atomic E-state index is 12.8. The number of benzene rings is 1. The van der Waals surface area contributed by atoms with Gasteiger partial charge in [-0.1, -0.05) is 24.4 Å². The first-order chi connectivity index (χ1) is 14.3. The van der Waals surface area contributed by atoms with Crippen LogP contribution in [0.5, 0.6) is 5.75 Å². The molecule has 0 saturated heterocycles. The minimum atomic E-state index is -1.23. The molecule has 0 fully saturated rings. The Morgan fingerprint density at radius 3 is 2.83 bits per heavy atom. The Balaban J connectivity index is 1.88. The van der Waals surface area contributed by atoms with Crippen LogP contribution in [0.1, 0.15) is 16.6 Å². The maximum atomic E-state index is 12.8. The van der Waals surface area contributed by atoms with Crippen molar-refractivity contribution in [2.75, 3.05) is 18.1 Å². The number of hydrogen-bond donors (Lipinski definition) is 4. The lowest BCUT2D eigenvalue weighted by Crippen LogP contribution is -2.26. The summed E-state index contributed by atoms with van der Waals surface area (Å²) in [5.41, 5.74) is 7.51. The quantitative estimate of drug-likeness (QED) is 0.235. The van der Waals surface area contributed by atoms with Crippen LogP contribution < -0.4 is 21.1 Å². The van der Waals surface area contributed by atoms with Crippen LogP contribution in [0.4, 0.5) is 16.4 Å². The van der Waals surface area contributed by atoms with Crippen molar-refractivity contribution in [3.63, 3.8) is 0 Å². The molecule has 0 aliphatic carbocycles. The SMILES string of the molecule is C=C(C(=O)Oc1cc(N)ccc1C)N1C=C(NC(=O)O)S[C@H]1c1ccnc(NC)n1. The zero-order valence-electron chi connectivity index (χ0n) is 16.2. The predicted molar refractivity (Wildman–Crippen MR) is 113 cm³/mol. The van der Waals surface area contributed by atoms with Gasteiger partial charge in [0.15, 0.2) is 0 Å². The van der Waals surface area contributed by atoms with Gasteiger partial charge in [0, 0.05) is 31.2 Å². The summed E-state index contributed by atoms with van der Waals surface area (Å²) in [5, 5.41) is 13.9. The Bertz CT molecular complexity index is 1040. The van der Waals surface area contributed by atoms with Gasteiger partial charge in [-0.2, -0.15) is 0 Å². The third-order valence-corrected chi connectivity index (χ3v) is 5.25. The second kappa shape index (κ2) is 8.74. The normalized spacial score (nSPS) is 15.3. The highest BCUT2D eigenvalue weighted by atomic mass is 32.2. The van der Waals surface area contributed by atoms with E-state index in [1.54, 1.807) is 44.4 Å². The Morgan fingerprint density at radius 2 is 2.13 bits per heavy atom. The summed E-state index contributed by atoms with van der Waals surface area (Å²) >= 11 is 1.17. The zero-order valence-corrected chi connectivity index (χ0v) is 17.1. The topological polar surface area (TPSA) is 143 Å². The smallest absolute Gasteiger partial charge is 0.409 e. The first-order valence-corrected chi connectivity index (χ1v) is 9.61. The number of nitrogens with one attached hydrogen (secondary N) is 2. The van der Waals surface area contributed by atoms with E-state index in [9.17, 15) is 9.59 Å².